The topological polar surface area (TPSA) is 26.0 Å². The first-order chi connectivity index (χ1) is 3.66. The van der Waals surface area contributed by atoms with Crippen LogP contribution in [0.4, 0.5) is 0 Å². The van der Waals surface area contributed by atoms with Gasteiger partial charge in [-0.05, 0) is 19.3 Å². The van der Waals surface area contributed by atoms with Gasteiger partial charge in [0, 0.05) is 6.04 Å². The van der Waals surface area contributed by atoms with E-state index >= 15 is 0 Å². The highest BCUT2D eigenvalue weighted by molar-refractivity contribution is 4.76. The van der Waals surface area contributed by atoms with E-state index in [2.05, 4.69) is 13.5 Å². The minimum Gasteiger partial charge on any atom is -0.328 e. The molecule has 2 N–H and O–H groups in total. The fraction of sp³-hybridized carbons (Fsp3) is 0.714. The number of hydrogen-bond donors (Lipinski definition) is 1. The fourth-order valence-electron chi connectivity index (χ4n) is 0.683. The summed E-state index contributed by atoms with van der Waals surface area (Å²) in [6.45, 7) is 7.79. The van der Waals surface area contributed by atoms with Gasteiger partial charge < -0.3 is 5.73 Å². The zero-order chi connectivity index (χ0) is 6.57. The fourth-order valence-corrected chi connectivity index (χ4v) is 0.683. The Kier molecular flexibility index (Phi) is 3.53. The maximum atomic E-state index is 5.52. The molecule has 0 aliphatic carbocycles. The van der Waals surface area contributed by atoms with E-state index in [1.54, 1.807) is 0 Å². The lowest BCUT2D eigenvalue weighted by molar-refractivity contribution is 0.563. The molecule has 0 radical (unpaired) electrons. The van der Waals surface area contributed by atoms with Crippen LogP contribution in [0.5, 0.6) is 0 Å². The maximum Gasteiger partial charge on any atom is 0.00159 e. The number of hydrogen-bond acceptors (Lipinski definition) is 1. The molecule has 0 aromatic rings. The van der Waals surface area contributed by atoms with Gasteiger partial charge in [-0.15, -0.1) is 6.58 Å². The molecular formula is C7H15N. The lowest BCUT2D eigenvalue weighted by Crippen LogP contribution is -2.17. The van der Waals surface area contributed by atoms with Crippen molar-refractivity contribution >= 4 is 0 Å². The van der Waals surface area contributed by atoms with E-state index in [4.69, 9.17) is 5.73 Å². The van der Waals surface area contributed by atoms with Gasteiger partial charge in [-0.3, -0.25) is 0 Å². The minimum atomic E-state index is 0.308. The van der Waals surface area contributed by atoms with Crippen LogP contribution in [0.25, 0.3) is 0 Å². The molecular weight excluding hydrogens is 98.1 g/mol. The van der Waals surface area contributed by atoms with Crippen LogP contribution in [0.3, 0.4) is 0 Å². The zero-order valence-corrected chi connectivity index (χ0v) is 5.72. The Labute approximate surface area is 51.6 Å². The van der Waals surface area contributed by atoms with Crippen molar-refractivity contribution in [1.29, 1.82) is 0 Å². The summed E-state index contributed by atoms with van der Waals surface area (Å²) >= 11 is 0. The van der Waals surface area contributed by atoms with Crippen LogP contribution >= 0.6 is 0 Å². The normalized spacial score (nSPS) is 17.4. The van der Waals surface area contributed by atoms with Gasteiger partial charge in [0.05, 0.1) is 0 Å². The molecule has 0 aromatic carbocycles. The first kappa shape index (κ1) is 7.70. The molecule has 0 aliphatic rings. The Morgan fingerprint density at radius 3 is 2.25 bits per heavy atom. The van der Waals surface area contributed by atoms with Gasteiger partial charge in [-0.1, -0.05) is 13.0 Å². The Hall–Kier alpha value is -0.300. The van der Waals surface area contributed by atoms with Crippen LogP contribution in [-0.4, -0.2) is 6.04 Å². The standard InChI is InChI=1S/C7H15N/c1-4-6(2)5-7(3)8/h4,6-7H,1,5,8H2,2-3H3. The Bertz CT molecular complexity index is 66.8. The summed E-state index contributed by atoms with van der Waals surface area (Å²) < 4.78 is 0. The largest absolute Gasteiger partial charge is 0.328 e. The van der Waals surface area contributed by atoms with Crippen molar-refractivity contribution < 1.29 is 0 Å². The molecule has 48 valence electrons. The zero-order valence-electron chi connectivity index (χ0n) is 5.72. The molecule has 0 spiro atoms. The highest BCUT2D eigenvalue weighted by atomic mass is 14.6. The van der Waals surface area contributed by atoms with Gasteiger partial charge in [0.2, 0.25) is 0 Å². The summed E-state index contributed by atoms with van der Waals surface area (Å²) in [4.78, 5) is 0. The molecule has 0 heterocycles. The van der Waals surface area contributed by atoms with E-state index in [1.807, 2.05) is 13.0 Å². The monoisotopic (exact) mass is 113 g/mol. The van der Waals surface area contributed by atoms with Crippen molar-refractivity contribution in [3.8, 4) is 0 Å². The quantitative estimate of drug-likeness (QED) is 0.552. The summed E-state index contributed by atoms with van der Waals surface area (Å²) in [7, 11) is 0. The molecule has 2 atom stereocenters. The molecule has 8 heavy (non-hydrogen) atoms. The number of allylic oxidation sites excluding steroid dienone is 1. The van der Waals surface area contributed by atoms with Gasteiger partial charge in [-0.2, -0.15) is 0 Å². The van der Waals surface area contributed by atoms with Crippen molar-refractivity contribution in [2.45, 2.75) is 26.3 Å². The smallest absolute Gasteiger partial charge is 0.00159 e. The first-order valence-electron chi connectivity index (χ1n) is 3.05. The van der Waals surface area contributed by atoms with Crippen LogP contribution in [0.15, 0.2) is 12.7 Å². The third-order valence-electron chi connectivity index (χ3n) is 1.15. The molecule has 2 unspecified atom stereocenters. The number of nitrogens with two attached hydrogens (primary N) is 1. The second-order valence-electron chi connectivity index (χ2n) is 2.43. The van der Waals surface area contributed by atoms with E-state index < -0.39 is 0 Å². The molecule has 0 rings (SSSR count). The highest BCUT2D eigenvalue weighted by Gasteiger charge is 1.98. The van der Waals surface area contributed by atoms with Crippen molar-refractivity contribution in [1.82, 2.24) is 0 Å². The molecule has 1 heteroatoms. The van der Waals surface area contributed by atoms with Crippen molar-refractivity contribution in [2.24, 2.45) is 11.7 Å². The summed E-state index contributed by atoms with van der Waals surface area (Å²) in [6, 6.07) is 0.308. The predicted octanol–water partition coefficient (Wildman–Crippen LogP) is 1.55. The summed E-state index contributed by atoms with van der Waals surface area (Å²) in [5.41, 5.74) is 5.52. The Morgan fingerprint density at radius 2 is 2.12 bits per heavy atom. The van der Waals surface area contributed by atoms with Crippen LogP contribution < -0.4 is 5.73 Å². The van der Waals surface area contributed by atoms with Gasteiger partial charge >= 0.3 is 0 Å². The molecule has 0 fully saturated rings. The average molecular weight is 113 g/mol. The van der Waals surface area contributed by atoms with Crippen LogP contribution in [0, 0.1) is 5.92 Å². The van der Waals surface area contributed by atoms with E-state index in [0.29, 0.717) is 12.0 Å². The van der Waals surface area contributed by atoms with Crippen molar-refractivity contribution in [3.05, 3.63) is 12.7 Å². The summed E-state index contributed by atoms with van der Waals surface area (Å²) in [5, 5.41) is 0. The third-order valence-corrected chi connectivity index (χ3v) is 1.15. The molecule has 0 amide bonds. The predicted molar refractivity (Wildman–Crippen MR) is 37.6 cm³/mol. The molecule has 0 bridgehead atoms. The van der Waals surface area contributed by atoms with Gasteiger partial charge in [-0.25, -0.2) is 0 Å². The van der Waals surface area contributed by atoms with Gasteiger partial charge in [0.15, 0.2) is 0 Å². The van der Waals surface area contributed by atoms with Crippen molar-refractivity contribution in [2.75, 3.05) is 0 Å². The van der Waals surface area contributed by atoms with Crippen LogP contribution in [0.2, 0.25) is 0 Å². The first-order valence-corrected chi connectivity index (χ1v) is 3.05. The minimum absolute atomic E-state index is 0.308. The Balaban J connectivity index is 3.23. The highest BCUT2D eigenvalue weighted by Crippen LogP contribution is 2.03. The number of rotatable bonds is 3. The van der Waals surface area contributed by atoms with E-state index in [-0.39, 0.29) is 0 Å². The average Bonchev–Trinajstić information content (AvgIpc) is 1.65. The second kappa shape index (κ2) is 3.67. The van der Waals surface area contributed by atoms with E-state index in [1.165, 1.54) is 0 Å². The molecule has 0 aliphatic heterocycles. The van der Waals surface area contributed by atoms with Gasteiger partial charge in [0.25, 0.3) is 0 Å². The molecule has 0 aromatic heterocycles. The van der Waals surface area contributed by atoms with E-state index in [0.717, 1.165) is 6.42 Å². The maximum absolute atomic E-state index is 5.52. The Morgan fingerprint density at radius 1 is 1.62 bits per heavy atom. The molecule has 0 saturated heterocycles. The third kappa shape index (κ3) is 3.88. The second-order valence-corrected chi connectivity index (χ2v) is 2.43. The van der Waals surface area contributed by atoms with Gasteiger partial charge in [0.1, 0.15) is 0 Å². The molecule has 1 nitrogen and oxygen atoms in total. The molecule has 0 saturated carbocycles. The lowest BCUT2D eigenvalue weighted by Gasteiger charge is -2.07. The van der Waals surface area contributed by atoms with E-state index in [9.17, 15) is 0 Å². The lowest BCUT2D eigenvalue weighted by atomic mass is 10.0. The summed E-state index contributed by atoms with van der Waals surface area (Å²) in [6.07, 6.45) is 2.98. The summed E-state index contributed by atoms with van der Waals surface area (Å²) in [5.74, 6) is 0.565. The van der Waals surface area contributed by atoms with Crippen LogP contribution in [-0.2, 0) is 0 Å². The van der Waals surface area contributed by atoms with Crippen molar-refractivity contribution in [3.63, 3.8) is 0 Å². The SMILES string of the molecule is C=CC(C)CC(C)N. The van der Waals surface area contributed by atoms with Crippen LogP contribution in [0.1, 0.15) is 20.3 Å².